The summed E-state index contributed by atoms with van der Waals surface area (Å²) in [4.78, 5) is 12.1. The SMILES string of the molecule is CCOC(=O)C1=C(C)NC(=S)N[C@@H]1c1ccc(Br)cc1F. The van der Waals surface area contributed by atoms with Gasteiger partial charge < -0.3 is 15.4 Å². The maximum atomic E-state index is 14.2. The topological polar surface area (TPSA) is 50.4 Å². The van der Waals surface area contributed by atoms with Gasteiger partial charge in [0.1, 0.15) is 5.82 Å². The van der Waals surface area contributed by atoms with Gasteiger partial charge in [-0.15, -0.1) is 0 Å². The van der Waals surface area contributed by atoms with Gasteiger partial charge in [-0.2, -0.15) is 0 Å². The van der Waals surface area contributed by atoms with E-state index in [-0.39, 0.29) is 6.61 Å². The Hall–Kier alpha value is -1.47. The van der Waals surface area contributed by atoms with Crippen molar-refractivity contribution in [1.82, 2.24) is 10.6 Å². The molecule has 0 fully saturated rings. The second-order valence-corrected chi connectivity index (χ2v) is 5.78. The molecule has 21 heavy (non-hydrogen) atoms. The molecule has 2 rings (SSSR count). The predicted octanol–water partition coefficient (Wildman–Crippen LogP) is 2.94. The van der Waals surface area contributed by atoms with Crippen LogP contribution in [0.15, 0.2) is 33.9 Å². The summed E-state index contributed by atoms with van der Waals surface area (Å²) in [6.07, 6.45) is 0. The normalized spacial score (nSPS) is 18.1. The molecule has 0 saturated heterocycles. The minimum Gasteiger partial charge on any atom is -0.463 e. The molecule has 0 aliphatic carbocycles. The summed E-state index contributed by atoms with van der Waals surface area (Å²) in [6.45, 7) is 3.68. The van der Waals surface area contributed by atoms with Gasteiger partial charge in [-0.1, -0.05) is 22.0 Å². The Morgan fingerprint density at radius 1 is 1.52 bits per heavy atom. The van der Waals surface area contributed by atoms with Crippen molar-refractivity contribution in [3.63, 3.8) is 0 Å². The number of rotatable bonds is 3. The lowest BCUT2D eigenvalue weighted by atomic mass is 9.95. The summed E-state index contributed by atoms with van der Waals surface area (Å²) < 4.78 is 19.9. The second-order valence-electron chi connectivity index (χ2n) is 4.46. The molecule has 112 valence electrons. The molecular weight excluding hydrogens is 359 g/mol. The molecule has 1 atom stereocenters. The lowest BCUT2D eigenvalue weighted by Gasteiger charge is -2.30. The zero-order valence-corrected chi connectivity index (χ0v) is 13.9. The number of halogens is 2. The quantitative estimate of drug-likeness (QED) is 0.630. The summed E-state index contributed by atoms with van der Waals surface area (Å²) in [5, 5.41) is 6.13. The average Bonchev–Trinajstić information content (AvgIpc) is 2.37. The van der Waals surface area contributed by atoms with Crippen LogP contribution in [0.1, 0.15) is 25.5 Å². The molecule has 0 aromatic heterocycles. The summed E-state index contributed by atoms with van der Waals surface area (Å²) in [5.41, 5.74) is 1.22. The first-order chi connectivity index (χ1) is 9.93. The molecular formula is C14H14BrFN2O2S. The summed E-state index contributed by atoms with van der Waals surface area (Å²) in [7, 11) is 0. The third-order valence-corrected chi connectivity index (χ3v) is 3.75. The smallest absolute Gasteiger partial charge is 0.338 e. The lowest BCUT2D eigenvalue weighted by molar-refractivity contribution is -0.139. The van der Waals surface area contributed by atoms with E-state index < -0.39 is 17.8 Å². The highest BCUT2D eigenvalue weighted by atomic mass is 79.9. The first-order valence-electron chi connectivity index (χ1n) is 6.34. The van der Waals surface area contributed by atoms with Gasteiger partial charge in [0.2, 0.25) is 0 Å². The molecule has 0 unspecified atom stereocenters. The third-order valence-electron chi connectivity index (χ3n) is 3.04. The second kappa shape index (κ2) is 6.53. The van der Waals surface area contributed by atoms with Crippen LogP contribution in [0.5, 0.6) is 0 Å². The molecule has 7 heteroatoms. The van der Waals surface area contributed by atoms with E-state index in [9.17, 15) is 9.18 Å². The highest BCUT2D eigenvalue weighted by Gasteiger charge is 2.32. The van der Waals surface area contributed by atoms with Crippen molar-refractivity contribution in [3.05, 3.63) is 45.3 Å². The molecule has 0 amide bonds. The van der Waals surface area contributed by atoms with E-state index >= 15 is 0 Å². The molecule has 2 N–H and O–H groups in total. The fraction of sp³-hybridized carbons (Fsp3) is 0.286. The largest absolute Gasteiger partial charge is 0.463 e. The van der Waals surface area contributed by atoms with Gasteiger partial charge in [-0.3, -0.25) is 0 Å². The first kappa shape index (κ1) is 15.9. The minimum atomic E-state index is -0.675. The van der Waals surface area contributed by atoms with E-state index in [4.69, 9.17) is 17.0 Å². The fourth-order valence-electron chi connectivity index (χ4n) is 2.14. The van der Waals surface area contributed by atoms with Gasteiger partial charge in [-0.25, -0.2) is 9.18 Å². The van der Waals surface area contributed by atoms with Crippen molar-refractivity contribution in [1.29, 1.82) is 0 Å². The van der Waals surface area contributed by atoms with Crippen molar-refractivity contribution < 1.29 is 13.9 Å². The van der Waals surface area contributed by atoms with E-state index in [2.05, 4.69) is 26.6 Å². The van der Waals surface area contributed by atoms with Crippen LogP contribution in [0.4, 0.5) is 4.39 Å². The molecule has 0 saturated carbocycles. The number of esters is 1. The molecule has 1 aliphatic heterocycles. The average molecular weight is 373 g/mol. The van der Waals surface area contributed by atoms with Crippen molar-refractivity contribution in [2.24, 2.45) is 0 Å². The van der Waals surface area contributed by atoms with Crippen LogP contribution < -0.4 is 10.6 Å². The Labute approximate surface area is 135 Å². The minimum absolute atomic E-state index is 0.246. The van der Waals surface area contributed by atoms with Crippen LogP contribution in [-0.4, -0.2) is 17.7 Å². The maximum absolute atomic E-state index is 14.2. The third kappa shape index (κ3) is 3.41. The van der Waals surface area contributed by atoms with Crippen LogP contribution in [0.25, 0.3) is 0 Å². The van der Waals surface area contributed by atoms with E-state index in [0.717, 1.165) is 0 Å². The molecule has 0 bridgehead atoms. The van der Waals surface area contributed by atoms with Crippen molar-refractivity contribution in [2.45, 2.75) is 19.9 Å². The molecule has 4 nitrogen and oxygen atoms in total. The Morgan fingerprint density at radius 3 is 2.86 bits per heavy atom. The van der Waals surface area contributed by atoms with Crippen molar-refractivity contribution >= 4 is 39.2 Å². The number of allylic oxidation sites excluding steroid dienone is 1. The van der Waals surface area contributed by atoms with Crippen LogP contribution >= 0.6 is 28.1 Å². The number of nitrogens with one attached hydrogen (secondary N) is 2. The van der Waals surface area contributed by atoms with Gasteiger partial charge in [-0.05, 0) is 38.2 Å². The predicted molar refractivity (Wildman–Crippen MR) is 85.0 cm³/mol. The molecule has 0 radical (unpaired) electrons. The zero-order valence-electron chi connectivity index (χ0n) is 11.5. The van der Waals surface area contributed by atoms with E-state index in [1.807, 2.05) is 0 Å². The van der Waals surface area contributed by atoms with Gasteiger partial charge in [0.05, 0.1) is 18.2 Å². The van der Waals surface area contributed by atoms with Crippen molar-refractivity contribution in [3.8, 4) is 0 Å². The van der Waals surface area contributed by atoms with E-state index in [0.29, 0.717) is 26.4 Å². The van der Waals surface area contributed by atoms with E-state index in [1.165, 1.54) is 6.07 Å². The van der Waals surface area contributed by atoms with Crippen LogP contribution in [0, 0.1) is 5.82 Å². The summed E-state index contributed by atoms with van der Waals surface area (Å²) in [6, 6.07) is 3.99. The van der Waals surface area contributed by atoms with E-state index in [1.54, 1.807) is 26.0 Å². The number of ether oxygens (including phenoxy) is 1. The Balaban J connectivity index is 2.49. The molecule has 1 aromatic carbocycles. The highest BCUT2D eigenvalue weighted by molar-refractivity contribution is 9.10. The van der Waals surface area contributed by atoms with Gasteiger partial charge in [0.25, 0.3) is 0 Å². The molecule has 1 heterocycles. The van der Waals surface area contributed by atoms with Gasteiger partial charge >= 0.3 is 5.97 Å². The molecule has 0 spiro atoms. The summed E-state index contributed by atoms with van der Waals surface area (Å²) >= 11 is 8.30. The van der Waals surface area contributed by atoms with Crippen LogP contribution in [0.3, 0.4) is 0 Å². The number of hydrogen-bond acceptors (Lipinski definition) is 3. The number of thiocarbonyl (C=S) groups is 1. The van der Waals surface area contributed by atoms with Crippen molar-refractivity contribution in [2.75, 3.05) is 6.61 Å². The lowest BCUT2D eigenvalue weighted by Crippen LogP contribution is -2.45. The number of hydrogen-bond donors (Lipinski definition) is 2. The highest BCUT2D eigenvalue weighted by Crippen LogP contribution is 2.30. The molecule has 1 aromatic rings. The number of carbonyl (C=O) groups excluding carboxylic acids is 1. The summed E-state index contributed by atoms with van der Waals surface area (Å²) in [5.74, 6) is -0.925. The number of carbonyl (C=O) groups is 1. The van der Waals surface area contributed by atoms with Crippen LogP contribution in [-0.2, 0) is 9.53 Å². The number of benzene rings is 1. The Morgan fingerprint density at radius 2 is 2.24 bits per heavy atom. The molecule has 1 aliphatic rings. The zero-order chi connectivity index (χ0) is 15.6. The Bertz CT molecular complexity index is 633. The first-order valence-corrected chi connectivity index (χ1v) is 7.54. The monoisotopic (exact) mass is 372 g/mol. The standard InChI is InChI=1S/C14H14BrFN2O2S/c1-3-20-13(19)11-7(2)17-14(21)18-12(11)9-5-4-8(15)6-10(9)16/h4-6,12H,3H2,1-2H3,(H2,17,18,21)/t12-/m1/s1. The Kier molecular flexibility index (Phi) is 4.95. The fourth-order valence-corrected chi connectivity index (χ4v) is 2.75. The van der Waals surface area contributed by atoms with Crippen LogP contribution in [0.2, 0.25) is 0 Å². The van der Waals surface area contributed by atoms with Gasteiger partial charge in [0, 0.05) is 15.7 Å². The maximum Gasteiger partial charge on any atom is 0.338 e. The van der Waals surface area contributed by atoms with Gasteiger partial charge in [0.15, 0.2) is 5.11 Å².